The van der Waals surface area contributed by atoms with Crippen LogP contribution in [-0.2, 0) is 20.0 Å². The van der Waals surface area contributed by atoms with Gasteiger partial charge < -0.3 is 5.11 Å². The molecule has 2 unspecified atom stereocenters. The first kappa shape index (κ1) is 25.4. The largest absolute Gasteiger partial charge is 0.393 e. The molecule has 0 aromatic heterocycles. The van der Waals surface area contributed by atoms with Gasteiger partial charge in [-0.05, 0) is 51.0 Å². The Morgan fingerprint density at radius 2 is 1.48 bits per heavy atom. The van der Waals surface area contributed by atoms with E-state index in [0.29, 0.717) is 18.6 Å². The first-order chi connectivity index (χ1) is 15.5. The maximum Gasteiger partial charge on any atom is 0.276 e. The summed E-state index contributed by atoms with van der Waals surface area (Å²) in [5.41, 5.74) is 2.35. The van der Waals surface area contributed by atoms with Crippen LogP contribution in [0.25, 0.3) is 0 Å². The van der Waals surface area contributed by atoms with E-state index >= 15 is 0 Å². The molecule has 2 aromatic rings. The highest BCUT2D eigenvalue weighted by Gasteiger charge is 2.32. The standard InChI is InChI=1S/C23H31N3O5S2/c1-4-26(33(30,31)22-13-7-18(3)8-14-22)16-19-9-10-20(27)15-23(19)24-25-32(28,29)21-11-5-17(2)6-12-21/h5-8,11-14,19-20,25,27H,4,9-10,15-16H2,1-3H3/b24-23+. The molecule has 10 heteroatoms. The SMILES string of the molecule is CCN(CC1CCC(O)C/C1=N\NS(=O)(=O)c1ccc(C)cc1)S(=O)(=O)c1ccc(C)cc1. The van der Waals surface area contributed by atoms with Crippen LogP contribution in [0.2, 0.25) is 0 Å². The fraction of sp³-hybridized carbons (Fsp3) is 0.435. The van der Waals surface area contributed by atoms with Gasteiger partial charge in [-0.2, -0.15) is 17.8 Å². The molecule has 2 N–H and O–H groups in total. The molecule has 0 aliphatic heterocycles. The number of hydrazone groups is 1. The highest BCUT2D eigenvalue weighted by atomic mass is 32.2. The number of sulfonamides is 2. The molecule has 0 heterocycles. The van der Waals surface area contributed by atoms with Gasteiger partial charge in [0.1, 0.15) is 0 Å². The topological polar surface area (TPSA) is 116 Å². The van der Waals surface area contributed by atoms with Crippen molar-refractivity contribution in [3.05, 3.63) is 59.7 Å². The number of nitrogens with one attached hydrogen (secondary N) is 1. The second kappa shape index (κ2) is 10.3. The molecule has 2 atom stereocenters. The minimum absolute atomic E-state index is 0.0856. The predicted octanol–water partition coefficient (Wildman–Crippen LogP) is 2.81. The quantitative estimate of drug-likeness (QED) is 0.549. The molecular weight excluding hydrogens is 462 g/mol. The van der Waals surface area contributed by atoms with Crippen molar-refractivity contribution in [3.8, 4) is 0 Å². The molecule has 1 fully saturated rings. The third-order valence-electron chi connectivity index (χ3n) is 5.84. The lowest BCUT2D eigenvalue weighted by atomic mass is 9.85. The molecule has 1 saturated carbocycles. The Labute approximate surface area is 196 Å². The number of nitrogens with zero attached hydrogens (tertiary/aromatic N) is 2. The Bertz CT molecular complexity index is 1190. The molecule has 3 rings (SSSR count). The Kier molecular flexibility index (Phi) is 7.94. The average molecular weight is 494 g/mol. The summed E-state index contributed by atoms with van der Waals surface area (Å²) in [6.07, 6.45) is 0.541. The third-order valence-corrected chi connectivity index (χ3v) is 9.02. The maximum atomic E-state index is 13.2. The van der Waals surface area contributed by atoms with E-state index in [4.69, 9.17) is 0 Å². The van der Waals surface area contributed by atoms with Crippen molar-refractivity contribution in [2.75, 3.05) is 13.1 Å². The highest BCUT2D eigenvalue weighted by Crippen LogP contribution is 2.26. The van der Waals surface area contributed by atoms with Gasteiger partial charge in [0.25, 0.3) is 10.0 Å². The molecule has 0 amide bonds. The molecule has 0 spiro atoms. The molecule has 33 heavy (non-hydrogen) atoms. The number of aliphatic hydroxyl groups is 1. The van der Waals surface area contributed by atoms with Crippen LogP contribution in [0.4, 0.5) is 0 Å². The Balaban J connectivity index is 1.82. The lowest BCUT2D eigenvalue weighted by molar-refractivity contribution is 0.150. The summed E-state index contributed by atoms with van der Waals surface area (Å²) in [5.74, 6) is -0.311. The van der Waals surface area contributed by atoms with Crippen molar-refractivity contribution >= 4 is 25.8 Å². The van der Waals surface area contributed by atoms with Crippen molar-refractivity contribution in [1.82, 2.24) is 9.14 Å². The van der Waals surface area contributed by atoms with E-state index in [1.807, 2.05) is 13.8 Å². The molecular formula is C23H31N3O5S2. The Morgan fingerprint density at radius 3 is 2.03 bits per heavy atom. The highest BCUT2D eigenvalue weighted by molar-refractivity contribution is 7.89. The monoisotopic (exact) mass is 493 g/mol. The van der Waals surface area contributed by atoms with Crippen LogP contribution in [0.15, 0.2) is 63.4 Å². The normalized spacial score (nSPS) is 20.8. The van der Waals surface area contributed by atoms with Crippen LogP contribution in [0.1, 0.15) is 37.3 Å². The van der Waals surface area contributed by atoms with E-state index in [9.17, 15) is 21.9 Å². The van der Waals surface area contributed by atoms with Gasteiger partial charge in [-0.15, -0.1) is 0 Å². The van der Waals surface area contributed by atoms with E-state index in [0.717, 1.165) is 11.1 Å². The molecule has 8 nitrogen and oxygen atoms in total. The van der Waals surface area contributed by atoms with Gasteiger partial charge in [0.05, 0.1) is 15.9 Å². The molecule has 2 aromatic carbocycles. The molecule has 1 aliphatic carbocycles. The maximum absolute atomic E-state index is 13.2. The first-order valence-corrected chi connectivity index (χ1v) is 13.8. The van der Waals surface area contributed by atoms with Gasteiger partial charge in [0.2, 0.25) is 10.0 Å². The van der Waals surface area contributed by atoms with Crippen LogP contribution in [-0.4, -0.2) is 51.2 Å². The summed E-state index contributed by atoms with van der Waals surface area (Å²) in [5, 5.41) is 14.3. The minimum atomic E-state index is -3.88. The Morgan fingerprint density at radius 1 is 0.939 bits per heavy atom. The molecule has 1 aliphatic rings. The fourth-order valence-corrected chi connectivity index (χ4v) is 6.13. The second-order valence-electron chi connectivity index (χ2n) is 8.41. The van der Waals surface area contributed by atoms with Gasteiger partial charge in [-0.3, -0.25) is 0 Å². The number of hydrogen-bond donors (Lipinski definition) is 2. The van der Waals surface area contributed by atoms with Crippen molar-refractivity contribution in [2.45, 2.75) is 55.9 Å². The number of rotatable bonds is 8. The van der Waals surface area contributed by atoms with E-state index in [2.05, 4.69) is 9.93 Å². The zero-order valence-corrected chi connectivity index (χ0v) is 20.7. The van der Waals surface area contributed by atoms with Crippen LogP contribution in [0.3, 0.4) is 0 Å². The average Bonchev–Trinajstić information content (AvgIpc) is 2.77. The van der Waals surface area contributed by atoms with Gasteiger partial charge in [-0.1, -0.05) is 42.3 Å². The summed E-state index contributed by atoms with van der Waals surface area (Å²) in [7, 11) is -7.60. The van der Waals surface area contributed by atoms with Gasteiger partial charge in [0, 0.05) is 31.1 Å². The second-order valence-corrected chi connectivity index (χ2v) is 12.0. The number of benzene rings is 2. The number of aliphatic hydroxyl groups excluding tert-OH is 1. The van der Waals surface area contributed by atoms with Crippen molar-refractivity contribution < 1.29 is 21.9 Å². The Hall–Kier alpha value is -2.27. The molecule has 180 valence electrons. The van der Waals surface area contributed by atoms with Gasteiger partial charge in [-0.25, -0.2) is 13.2 Å². The molecule has 0 saturated heterocycles. The molecule has 0 radical (unpaired) electrons. The van der Waals surface area contributed by atoms with E-state index in [1.165, 1.54) is 16.4 Å². The lowest BCUT2D eigenvalue weighted by Crippen LogP contribution is -2.41. The van der Waals surface area contributed by atoms with Crippen LogP contribution in [0, 0.1) is 19.8 Å². The lowest BCUT2D eigenvalue weighted by Gasteiger charge is -2.31. The summed E-state index contributed by atoms with van der Waals surface area (Å²) < 4.78 is 53.0. The van der Waals surface area contributed by atoms with Crippen LogP contribution >= 0.6 is 0 Å². The summed E-state index contributed by atoms with van der Waals surface area (Å²) >= 11 is 0. The minimum Gasteiger partial charge on any atom is -0.393 e. The van der Waals surface area contributed by atoms with E-state index < -0.39 is 26.2 Å². The van der Waals surface area contributed by atoms with E-state index in [1.54, 1.807) is 43.3 Å². The van der Waals surface area contributed by atoms with Crippen molar-refractivity contribution in [3.63, 3.8) is 0 Å². The van der Waals surface area contributed by atoms with Gasteiger partial charge in [0.15, 0.2) is 0 Å². The first-order valence-electron chi connectivity index (χ1n) is 10.9. The van der Waals surface area contributed by atoms with Crippen molar-refractivity contribution in [1.29, 1.82) is 0 Å². The summed E-state index contributed by atoms with van der Waals surface area (Å²) in [6, 6.07) is 13.1. The number of aryl methyl sites for hydroxylation is 2. The molecule has 0 bridgehead atoms. The van der Waals surface area contributed by atoms with Crippen molar-refractivity contribution in [2.24, 2.45) is 11.0 Å². The number of hydrogen-bond acceptors (Lipinski definition) is 6. The zero-order chi connectivity index (χ0) is 24.2. The van der Waals surface area contributed by atoms with Gasteiger partial charge >= 0.3 is 0 Å². The zero-order valence-electron chi connectivity index (χ0n) is 19.1. The van der Waals surface area contributed by atoms with E-state index in [-0.39, 0.29) is 35.2 Å². The third kappa shape index (κ3) is 6.20. The predicted molar refractivity (Wildman–Crippen MR) is 128 cm³/mol. The van der Waals surface area contributed by atoms with Crippen LogP contribution in [0.5, 0.6) is 0 Å². The smallest absolute Gasteiger partial charge is 0.276 e. The fourth-order valence-electron chi connectivity index (χ4n) is 3.80. The summed E-state index contributed by atoms with van der Waals surface area (Å²) in [4.78, 5) is 2.56. The summed E-state index contributed by atoms with van der Waals surface area (Å²) in [6.45, 7) is 5.94. The van der Waals surface area contributed by atoms with Crippen LogP contribution < -0.4 is 4.83 Å².